The van der Waals surface area contributed by atoms with Crippen LogP contribution in [0.5, 0.6) is 0 Å². The minimum atomic E-state index is -0.354. The molecule has 3 nitrogen and oxygen atoms in total. The van der Waals surface area contributed by atoms with E-state index in [1.807, 2.05) is 4.90 Å². The van der Waals surface area contributed by atoms with E-state index in [1.165, 1.54) is 11.1 Å². The van der Waals surface area contributed by atoms with Crippen LogP contribution in [0.1, 0.15) is 43.7 Å². The van der Waals surface area contributed by atoms with Gasteiger partial charge >= 0.3 is 0 Å². The molecule has 0 spiro atoms. The Bertz CT molecular complexity index is 456. The highest BCUT2D eigenvalue weighted by Crippen LogP contribution is 2.28. The number of nitrogens with zero attached hydrogens (tertiary/aromatic N) is 1. The Labute approximate surface area is 115 Å². The van der Waals surface area contributed by atoms with E-state index in [9.17, 15) is 4.79 Å². The van der Waals surface area contributed by atoms with E-state index < -0.39 is 0 Å². The van der Waals surface area contributed by atoms with Crippen molar-refractivity contribution < 1.29 is 4.79 Å². The predicted octanol–water partition coefficient (Wildman–Crippen LogP) is 2.79. The summed E-state index contributed by atoms with van der Waals surface area (Å²) in [6.07, 6.45) is 4.97. The van der Waals surface area contributed by atoms with E-state index in [0.29, 0.717) is 0 Å². The van der Waals surface area contributed by atoms with E-state index in [4.69, 9.17) is 5.73 Å². The zero-order valence-electron chi connectivity index (χ0n) is 12.0. The second kappa shape index (κ2) is 6.20. The molecule has 0 aliphatic carbocycles. The summed E-state index contributed by atoms with van der Waals surface area (Å²) in [7, 11) is 0. The lowest BCUT2D eigenvalue weighted by Crippen LogP contribution is -2.46. The van der Waals surface area contributed by atoms with Crippen molar-refractivity contribution >= 4 is 11.6 Å². The summed E-state index contributed by atoms with van der Waals surface area (Å²) in [5.74, 6) is 0.0817. The van der Waals surface area contributed by atoms with E-state index in [-0.39, 0.29) is 11.9 Å². The van der Waals surface area contributed by atoms with Crippen LogP contribution in [-0.4, -0.2) is 18.5 Å². The molecule has 0 saturated heterocycles. The largest absolute Gasteiger partial charge is 0.320 e. The molecule has 104 valence electrons. The molecule has 1 aromatic rings. The number of carbonyl (C=O) groups is 1. The highest BCUT2D eigenvalue weighted by atomic mass is 16.2. The summed E-state index contributed by atoms with van der Waals surface area (Å²) in [6, 6.07) is 5.97. The molecule has 0 fully saturated rings. The number of unbranched alkanes of at least 4 members (excludes halogenated alkanes) is 1. The lowest BCUT2D eigenvalue weighted by Gasteiger charge is -2.31. The van der Waals surface area contributed by atoms with Crippen LogP contribution in [0.15, 0.2) is 18.2 Å². The molecule has 0 aromatic heterocycles. The van der Waals surface area contributed by atoms with Crippen LogP contribution in [-0.2, 0) is 11.2 Å². The van der Waals surface area contributed by atoms with Gasteiger partial charge < -0.3 is 10.6 Å². The number of carbonyl (C=O) groups excluding carboxylic acids is 1. The molecule has 1 aliphatic heterocycles. The molecule has 0 unspecified atom stereocenters. The Hall–Kier alpha value is -1.35. The highest BCUT2D eigenvalue weighted by Gasteiger charge is 2.26. The minimum Gasteiger partial charge on any atom is -0.320 e. The first-order valence-corrected chi connectivity index (χ1v) is 7.30. The van der Waals surface area contributed by atoms with Gasteiger partial charge in [0, 0.05) is 12.2 Å². The molecule has 2 N–H and O–H groups in total. The van der Waals surface area contributed by atoms with Crippen molar-refractivity contribution in [3.8, 4) is 0 Å². The number of rotatable bonds is 4. The van der Waals surface area contributed by atoms with Gasteiger partial charge in [0.2, 0.25) is 5.91 Å². The third kappa shape index (κ3) is 3.16. The summed E-state index contributed by atoms with van der Waals surface area (Å²) in [6.45, 7) is 5.01. The van der Waals surface area contributed by atoms with Crippen molar-refractivity contribution in [3.05, 3.63) is 29.3 Å². The van der Waals surface area contributed by atoms with Crippen LogP contribution >= 0.6 is 0 Å². The third-order valence-electron chi connectivity index (χ3n) is 3.81. The van der Waals surface area contributed by atoms with Crippen LogP contribution in [0.3, 0.4) is 0 Å². The van der Waals surface area contributed by atoms with Gasteiger partial charge in [-0.15, -0.1) is 0 Å². The van der Waals surface area contributed by atoms with Gasteiger partial charge in [0.05, 0.1) is 6.04 Å². The number of hydrogen-bond acceptors (Lipinski definition) is 2. The second-order valence-corrected chi connectivity index (χ2v) is 5.47. The lowest BCUT2D eigenvalue weighted by molar-refractivity contribution is -0.120. The van der Waals surface area contributed by atoms with E-state index in [2.05, 4.69) is 32.0 Å². The predicted molar refractivity (Wildman–Crippen MR) is 79.4 cm³/mol. The number of anilines is 1. The maximum absolute atomic E-state index is 12.5. The molecule has 1 amide bonds. The average Bonchev–Trinajstić information content (AvgIpc) is 2.42. The Morgan fingerprint density at radius 3 is 3.00 bits per heavy atom. The maximum atomic E-state index is 12.5. The second-order valence-electron chi connectivity index (χ2n) is 5.47. The Balaban J connectivity index is 2.16. The SMILES string of the molecule is CCCC[C@H](N)C(=O)N1CCCc2cc(C)ccc21. The van der Waals surface area contributed by atoms with Crippen molar-refractivity contribution in [2.75, 3.05) is 11.4 Å². The van der Waals surface area contributed by atoms with Gasteiger partial charge in [0.1, 0.15) is 0 Å². The summed E-state index contributed by atoms with van der Waals surface area (Å²) < 4.78 is 0. The molecular formula is C16H24N2O. The molecule has 1 atom stereocenters. The molecule has 19 heavy (non-hydrogen) atoms. The lowest BCUT2D eigenvalue weighted by atomic mass is 9.98. The molecule has 2 rings (SSSR count). The van der Waals surface area contributed by atoms with Gasteiger partial charge in [-0.25, -0.2) is 0 Å². The first kappa shape index (κ1) is 14.1. The summed E-state index contributed by atoms with van der Waals surface area (Å²) in [4.78, 5) is 14.3. The molecular weight excluding hydrogens is 236 g/mol. The number of amides is 1. The molecule has 0 radical (unpaired) electrons. The number of aryl methyl sites for hydroxylation is 2. The quantitative estimate of drug-likeness (QED) is 0.905. The van der Waals surface area contributed by atoms with Gasteiger partial charge in [0.15, 0.2) is 0 Å². The Kier molecular flexibility index (Phi) is 4.59. The molecule has 3 heteroatoms. The Morgan fingerprint density at radius 1 is 1.47 bits per heavy atom. The molecule has 1 heterocycles. The number of benzene rings is 1. The van der Waals surface area contributed by atoms with Crippen LogP contribution in [0, 0.1) is 6.92 Å². The standard InChI is InChI=1S/C16H24N2O/c1-3-4-7-14(17)16(19)18-10-5-6-13-11-12(2)8-9-15(13)18/h8-9,11,14H,3-7,10,17H2,1-2H3/t14-/m0/s1. The molecule has 0 saturated carbocycles. The van der Waals surface area contributed by atoms with Crippen molar-refractivity contribution in [2.24, 2.45) is 5.73 Å². The Morgan fingerprint density at radius 2 is 2.26 bits per heavy atom. The summed E-state index contributed by atoms with van der Waals surface area (Å²) in [5.41, 5.74) is 9.63. The van der Waals surface area contributed by atoms with Gasteiger partial charge in [-0.05, 0) is 37.8 Å². The summed E-state index contributed by atoms with van der Waals surface area (Å²) in [5, 5.41) is 0. The fraction of sp³-hybridized carbons (Fsp3) is 0.562. The molecule has 1 aromatic carbocycles. The normalized spacial score (nSPS) is 16.1. The van der Waals surface area contributed by atoms with Crippen LogP contribution < -0.4 is 10.6 Å². The van der Waals surface area contributed by atoms with E-state index >= 15 is 0 Å². The highest BCUT2D eigenvalue weighted by molar-refractivity contribution is 5.98. The number of hydrogen-bond donors (Lipinski definition) is 1. The minimum absolute atomic E-state index is 0.0817. The van der Waals surface area contributed by atoms with E-state index in [1.54, 1.807) is 0 Å². The fourth-order valence-corrected chi connectivity index (χ4v) is 2.70. The van der Waals surface area contributed by atoms with Gasteiger partial charge in [-0.2, -0.15) is 0 Å². The van der Waals surface area contributed by atoms with Gasteiger partial charge in [0.25, 0.3) is 0 Å². The van der Waals surface area contributed by atoms with Crippen LogP contribution in [0.2, 0.25) is 0 Å². The third-order valence-corrected chi connectivity index (χ3v) is 3.81. The zero-order valence-corrected chi connectivity index (χ0v) is 12.0. The van der Waals surface area contributed by atoms with Crippen LogP contribution in [0.25, 0.3) is 0 Å². The van der Waals surface area contributed by atoms with Crippen molar-refractivity contribution in [2.45, 2.75) is 52.0 Å². The summed E-state index contributed by atoms with van der Waals surface area (Å²) >= 11 is 0. The number of nitrogens with two attached hydrogens (primary N) is 1. The topological polar surface area (TPSA) is 46.3 Å². The monoisotopic (exact) mass is 260 g/mol. The average molecular weight is 260 g/mol. The first-order valence-electron chi connectivity index (χ1n) is 7.30. The molecule has 1 aliphatic rings. The van der Waals surface area contributed by atoms with Crippen molar-refractivity contribution in [1.29, 1.82) is 0 Å². The zero-order chi connectivity index (χ0) is 13.8. The smallest absolute Gasteiger partial charge is 0.243 e. The van der Waals surface area contributed by atoms with Crippen molar-refractivity contribution in [1.82, 2.24) is 0 Å². The number of fused-ring (bicyclic) bond motifs is 1. The van der Waals surface area contributed by atoms with E-state index in [0.717, 1.165) is 44.3 Å². The van der Waals surface area contributed by atoms with Gasteiger partial charge in [-0.1, -0.05) is 37.5 Å². The first-order chi connectivity index (χ1) is 9.13. The van der Waals surface area contributed by atoms with Gasteiger partial charge in [-0.3, -0.25) is 4.79 Å². The fourth-order valence-electron chi connectivity index (χ4n) is 2.70. The van der Waals surface area contributed by atoms with Crippen LogP contribution in [0.4, 0.5) is 5.69 Å². The van der Waals surface area contributed by atoms with Crippen molar-refractivity contribution in [3.63, 3.8) is 0 Å². The maximum Gasteiger partial charge on any atom is 0.243 e. The molecule has 0 bridgehead atoms.